The Bertz CT molecular complexity index is 1110. The normalized spacial score (nSPS) is 16.8. The molecule has 0 saturated carbocycles. The number of nitrogens with one attached hydrogen (secondary N) is 1. The number of rotatable bonds is 5. The van der Waals surface area contributed by atoms with Crippen LogP contribution < -0.4 is 10.2 Å². The van der Waals surface area contributed by atoms with Crippen molar-refractivity contribution in [1.82, 2.24) is 9.88 Å². The van der Waals surface area contributed by atoms with E-state index in [9.17, 15) is 13.6 Å². The van der Waals surface area contributed by atoms with Gasteiger partial charge in [0.05, 0.1) is 10.2 Å². The quantitative estimate of drug-likeness (QED) is 0.614. The van der Waals surface area contributed by atoms with Crippen molar-refractivity contribution >= 4 is 44.4 Å². The first-order valence-electron chi connectivity index (χ1n) is 9.65. The first-order chi connectivity index (χ1) is 14.4. The van der Waals surface area contributed by atoms with Crippen LogP contribution in [0.2, 0.25) is 0 Å². The van der Waals surface area contributed by atoms with Crippen LogP contribution in [0, 0.1) is 11.6 Å². The molecule has 156 valence electrons. The highest BCUT2D eigenvalue weighted by Gasteiger charge is 2.26. The maximum absolute atomic E-state index is 13.3. The van der Waals surface area contributed by atoms with Crippen LogP contribution in [0.5, 0.6) is 0 Å². The Labute approximate surface area is 177 Å². The zero-order valence-corrected chi connectivity index (χ0v) is 17.5. The van der Waals surface area contributed by atoms with E-state index in [1.54, 1.807) is 11.3 Å². The highest BCUT2D eigenvalue weighted by molar-refractivity contribution is 7.22. The van der Waals surface area contributed by atoms with Crippen molar-refractivity contribution in [2.75, 3.05) is 37.4 Å². The molecule has 1 aliphatic rings. The summed E-state index contributed by atoms with van der Waals surface area (Å²) < 4.78 is 27.2. The average molecular weight is 429 g/mol. The number of carbonyl (C=O) groups excluding carboxylic acids is 1. The van der Waals surface area contributed by atoms with Crippen LogP contribution in [0.3, 0.4) is 0 Å². The van der Waals surface area contributed by atoms with E-state index in [1.165, 1.54) is 18.2 Å². The van der Waals surface area contributed by atoms with Gasteiger partial charge in [0.1, 0.15) is 0 Å². The Morgan fingerprint density at radius 3 is 2.80 bits per heavy atom. The van der Waals surface area contributed by atoms with Gasteiger partial charge in [-0.15, -0.1) is 0 Å². The molecule has 3 aromatic rings. The van der Waals surface area contributed by atoms with Crippen LogP contribution in [-0.2, 0) is 4.79 Å². The van der Waals surface area contributed by atoms with Gasteiger partial charge in [-0.3, -0.25) is 4.79 Å². The van der Waals surface area contributed by atoms with Crippen LogP contribution in [0.4, 0.5) is 19.6 Å². The van der Waals surface area contributed by atoms with E-state index < -0.39 is 11.6 Å². The number of nitrogens with zero attached hydrogens (tertiary/aromatic N) is 3. The molecule has 1 aliphatic heterocycles. The molecular formula is C22H22F2N4OS. The Morgan fingerprint density at radius 2 is 2.07 bits per heavy atom. The monoisotopic (exact) mass is 428 g/mol. The number of likely N-dealkylation sites (N-methyl/N-ethyl adjacent to an activating group) is 1. The van der Waals surface area contributed by atoms with Gasteiger partial charge in [0.2, 0.25) is 5.91 Å². The fourth-order valence-electron chi connectivity index (χ4n) is 3.43. The highest BCUT2D eigenvalue weighted by Crippen LogP contribution is 2.33. The first kappa shape index (κ1) is 20.4. The maximum Gasteiger partial charge on any atom is 0.248 e. The second-order valence-electron chi connectivity index (χ2n) is 7.53. The molecule has 0 aliphatic carbocycles. The predicted molar refractivity (Wildman–Crippen MR) is 118 cm³/mol. The van der Waals surface area contributed by atoms with E-state index in [4.69, 9.17) is 4.98 Å². The van der Waals surface area contributed by atoms with Gasteiger partial charge in [-0.1, -0.05) is 17.4 Å². The second-order valence-corrected chi connectivity index (χ2v) is 8.54. The lowest BCUT2D eigenvalue weighted by Crippen LogP contribution is -2.31. The van der Waals surface area contributed by atoms with Gasteiger partial charge in [-0.2, -0.15) is 0 Å². The summed E-state index contributed by atoms with van der Waals surface area (Å²) >= 11 is 1.61. The lowest BCUT2D eigenvalue weighted by Gasteiger charge is -2.19. The summed E-state index contributed by atoms with van der Waals surface area (Å²) in [4.78, 5) is 21.5. The minimum atomic E-state index is -0.945. The molecule has 0 radical (unpaired) electrons. The summed E-state index contributed by atoms with van der Waals surface area (Å²) in [6.45, 7) is 1.95. The summed E-state index contributed by atoms with van der Waals surface area (Å²) in [5.41, 5.74) is 1.97. The fourth-order valence-corrected chi connectivity index (χ4v) is 4.47. The Balaban J connectivity index is 1.44. The number of benzene rings is 2. The standard InChI is InChI=1S/C22H22F2N4OS/c1-27(2)16-9-10-28(13-16)22-26-19-7-5-15(12-20(19)30-22)25-21(29)8-4-14-3-6-17(23)18(24)11-14/h3-8,11-12,16H,9-10,13H2,1-2H3,(H,25,29)/b8-4+. The molecule has 1 N–H and O–H groups in total. The van der Waals surface area contributed by atoms with Crippen molar-refractivity contribution in [2.45, 2.75) is 12.5 Å². The number of thiazole rings is 1. The van der Waals surface area contributed by atoms with Gasteiger partial charge >= 0.3 is 0 Å². The molecule has 4 rings (SSSR count). The van der Waals surface area contributed by atoms with E-state index in [2.05, 4.69) is 29.2 Å². The molecule has 1 unspecified atom stereocenters. The van der Waals surface area contributed by atoms with Crippen molar-refractivity contribution < 1.29 is 13.6 Å². The molecule has 30 heavy (non-hydrogen) atoms. The number of aromatic nitrogens is 1. The summed E-state index contributed by atoms with van der Waals surface area (Å²) in [5.74, 6) is -2.21. The Hall–Kier alpha value is -2.84. The largest absolute Gasteiger partial charge is 0.346 e. The van der Waals surface area contributed by atoms with E-state index >= 15 is 0 Å². The minimum Gasteiger partial charge on any atom is -0.346 e. The smallest absolute Gasteiger partial charge is 0.248 e. The number of hydrogen-bond donors (Lipinski definition) is 1. The van der Waals surface area contributed by atoms with Crippen LogP contribution in [0.15, 0.2) is 42.5 Å². The number of amides is 1. The Kier molecular flexibility index (Phi) is 5.78. The van der Waals surface area contributed by atoms with E-state index in [0.717, 1.165) is 47.0 Å². The molecule has 1 fully saturated rings. The number of carbonyl (C=O) groups is 1. The van der Waals surface area contributed by atoms with Gasteiger partial charge in [-0.25, -0.2) is 13.8 Å². The summed E-state index contributed by atoms with van der Waals surface area (Å²) in [6.07, 6.45) is 3.85. The van der Waals surface area contributed by atoms with Crippen LogP contribution in [0.25, 0.3) is 16.3 Å². The molecule has 0 spiro atoms. The highest BCUT2D eigenvalue weighted by atomic mass is 32.1. The van der Waals surface area contributed by atoms with Crippen LogP contribution in [-0.4, -0.2) is 49.0 Å². The number of fused-ring (bicyclic) bond motifs is 1. The summed E-state index contributed by atoms with van der Waals surface area (Å²) in [7, 11) is 4.20. The zero-order chi connectivity index (χ0) is 21.3. The third kappa shape index (κ3) is 4.49. The molecule has 1 amide bonds. The maximum atomic E-state index is 13.3. The molecule has 5 nitrogen and oxygen atoms in total. The molecule has 8 heteroatoms. The number of halogens is 2. The van der Waals surface area contributed by atoms with Crippen LogP contribution >= 0.6 is 11.3 Å². The third-order valence-corrected chi connectivity index (χ3v) is 6.26. The van der Waals surface area contributed by atoms with Gasteiger partial charge in [0, 0.05) is 30.9 Å². The fraction of sp³-hybridized carbons (Fsp3) is 0.273. The predicted octanol–water partition coefficient (Wildman–Crippen LogP) is 4.37. The van der Waals surface area contributed by atoms with Crippen LogP contribution in [0.1, 0.15) is 12.0 Å². The first-order valence-corrected chi connectivity index (χ1v) is 10.5. The molecule has 2 aromatic carbocycles. The molecule has 0 bridgehead atoms. The molecular weight excluding hydrogens is 406 g/mol. The summed E-state index contributed by atoms with van der Waals surface area (Å²) in [6, 6.07) is 9.62. The Morgan fingerprint density at radius 1 is 1.23 bits per heavy atom. The molecule has 1 atom stereocenters. The second kappa shape index (κ2) is 8.49. The van der Waals surface area contributed by atoms with Gasteiger partial charge in [-0.05, 0) is 62.5 Å². The van der Waals surface area contributed by atoms with Crippen molar-refractivity contribution in [3.63, 3.8) is 0 Å². The zero-order valence-electron chi connectivity index (χ0n) is 16.7. The third-order valence-electron chi connectivity index (χ3n) is 5.18. The molecule has 1 saturated heterocycles. The number of anilines is 2. The average Bonchev–Trinajstić information content (AvgIpc) is 3.35. The van der Waals surface area contributed by atoms with E-state index in [-0.39, 0.29) is 5.91 Å². The van der Waals surface area contributed by atoms with E-state index in [0.29, 0.717) is 17.3 Å². The van der Waals surface area contributed by atoms with Gasteiger partial charge < -0.3 is 15.1 Å². The summed E-state index contributed by atoms with van der Waals surface area (Å²) in [5, 5.41) is 3.79. The minimum absolute atomic E-state index is 0.350. The van der Waals surface area contributed by atoms with Crippen molar-refractivity contribution in [2.24, 2.45) is 0 Å². The lowest BCUT2D eigenvalue weighted by atomic mass is 10.2. The van der Waals surface area contributed by atoms with Crippen molar-refractivity contribution in [3.8, 4) is 0 Å². The van der Waals surface area contributed by atoms with Gasteiger partial charge in [0.15, 0.2) is 16.8 Å². The van der Waals surface area contributed by atoms with Crippen molar-refractivity contribution in [1.29, 1.82) is 0 Å². The number of hydrogen-bond acceptors (Lipinski definition) is 5. The van der Waals surface area contributed by atoms with Gasteiger partial charge in [0.25, 0.3) is 0 Å². The molecule has 2 heterocycles. The topological polar surface area (TPSA) is 48.5 Å². The SMILES string of the molecule is CN(C)C1CCN(c2nc3ccc(NC(=O)/C=C/c4ccc(F)c(F)c4)cc3s2)C1. The lowest BCUT2D eigenvalue weighted by molar-refractivity contribution is -0.111. The molecule has 1 aromatic heterocycles. The van der Waals surface area contributed by atoms with E-state index in [1.807, 2.05) is 18.2 Å². The van der Waals surface area contributed by atoms with Crippen molar-refractivity contribution in [3.05, 3.63) is 59.7 Å².